The molecule has 1 aliphatic heterocycles. The average Bonchev–Trinajstić information content (AvgIpc) is 2.38. The second-order valence-corrected chi connectivity index (χ2v) is 5.92. The molecule has 1 saturated heterocycles. The molecule has 0 N–H and O–H groups in total. The second-order valence-electron chi connectivity index (χ2n) is 4.60. The third kappa shape index (κ3) is 3.62. The Hall–Kier alpha value is -0.250. The van der Waals surface area contributed by atoms with E-state index in [9.17, 15) is 0 Å². The van der Waals surface area contributed by atoms with Gasteiger partial charge in [0.05, 0.1) is 11.6 Å². The molecule has 1 heterocycles. The molecule has 0 unspecified atom stereocenters. The van der Waals surface area contributed by atoms with Gasteiger partial charge in [-0.3, -0.25) is 0 Å². The van der Waals surface area contributed by atoms with Gasteiger partial charge in [-0.1, -0.05) is 34.5 Å². The van der Waals surface area contributed by atoms with Crippen molar-refractivity contribution in [3.8, 4) is 5.75 Å². The molecule has 100 valence electrons. The molecule has 0 spiro atoms. The Kier molecular flexibility index (Phi) is 5.34. The normalized spacial score (nSPS) is 16.8. The Morgan fingerprint density at radius 2 is 2.11 bits per heavy atom. The zero-order valence-electron chi connectivity index (χ0n) is 10.5. The predicted octanol–water partition coefficient (Wildman–Crippen LogP) is 4.47. The zero-order chi connectivity index (χ0) is 13.0. The Morgan fingerprint density at radius 3 is 2.78 bits per heavy atom. The van der Waals surface area contributed by atoms with Gasteiger partial charge in [-0.2, -0.15) is 0 Å². The smallest absolute Gasteiger partial charge is 0.141 e. The molecule has 1 fully saturated rings. The van der Waals surface area contributed by atoms with E-state index < -0.39 is 0 Å². The number of rotatable bonds is 4. The highest BCUT2D eigenvalue weighted by atomic mass is 79.9. The van der Waals surface area contributed by atoms with E-state index in [4.69, 9.17) is 21.1 Å². The van der Waals surface area contributed by atoms with Gasteiger partial charge in [0.25, 0.3) is 0 Å². The van der Waals surface area contributed by atoms with E-state index in [1.807, 2.05) is 6.07 Å². The minimum atomic E-state index is 0.586. The molecule has 0 radical (unpaired) electrons. The maximum absolute atomic E-state index is 6.25. The SMILES string of the molecule is CCc1cc(Br)cc(Cl)c1OCC1CCOCC1. The molecule has 0 aliphatic carbocycles. The van der Waals surface area contributed by atoms with Crippen LogP contribution in [-0.4, -0.2) is 19.8 Å². The Bertz CT molecular complexity index is 403. The lowest BCUT2D eigenvalue weighted by molar-refractivity contribution is 0.0496. The maximum atomic E-state index is 6.25. The van der Waals surface area contributed by atoms with Crippen LogP contribution in [0.25, 0.3) is 0 Å². The first kappa shape index (κ1) is 14.2. The summed E-state index contributed by atoms with van der Waals surface area (Å²) in [5.74, 6) is 1.43. The Morgan fingerprint density at radius 1 is 1.39 bits per heavy atom. The number of benzene rings is 1. The van der Waals surface area contributed by atoms with E-state index in [0.717, 1.165) is 54.9 Å². The molecule has 0 atom stereocenters. The Labute approximate surface area is 122 Å². The summed E-state index contributed by atoms with van der Waals surface area (Å²) in [6, 6.07) is 3.96. The van der Waals surface area contributed by atoms with E-state index >= 15 is 0 Å². The number of ether oxygens (including phenoxy) is 2. The number of aryl methyl sites for hydroxylation is 1. The molecule has 18 heavy (non-hydrogen) atoms. The summed E-state index contributed by atoms with van der Waals surface area (Å²) in [4.78, 5) is 0. The Balaban J connectivity index is 2.03. The lowest BCUT2D eigenvalue weighted by Gasteiger charge is -2.23. The van der Waals surface area contributed by atoms with E-state index in [-0.39, 0.29) is 0 Å². The van der Waals surface area contributed by atoms with Gasteiger partial charge in [0.15, 0.2) is 0 Å². The maximum Gasteiger partial charge on any atom is 0.141 e. The summed E-state index contributed by atoms with van der Waals surface area (Å²) in [7, 11) is 0. The molecular weight excluding hydrogens is 316 g/mol. The standard InChI is InChI=1S/C14H18BrClO2/c1-2-11-7-12(15)8-13(16)14(11)18-9-10-3-5-17-6-4-10/h7-8,10H,2-6,9H2,1H3. The monoisotopic (exact) mass is 332 g/mol. The van der Waals surface area contributed by atoms with Crippen molar-refractivity contribution in [1.82, 2.24) is 0 Å². The van der Waals surface area contributed by atoms with Gasteiger partial charge in [0, 0.05) is 17.7 Å². The first-order valence-electron chi connectivity index (χ1n) is 6.39. The van der Waals surface area contributed by atoms with Crippen molar-refractivity contribution in [2.75, 3.05) is 19.8 Å². The van der Waals surface area contributed by atoms with Crippen LogP contribution in [0, 0.1) is 5.92 Å². The summed E-state index contributed by atoms with van der Waals surface area (Å²) in [5.41, 5.74) is 1.15. The summed E-state index contributed by atoms with van der Waals surface area (Å²) in [6.45, 7) is 4.54. The van der Waals surface area contributed by atoms with E-state index in [0.29, 0.717) is 10.9 Å². The predicted molar refractivity (Wildman–Crippen MR) is 77.6 cm³/mol. The fraction of sp³-hybridized carbons (Fsp3) is 0.571. The fourth-order valence-electron chi connectivity index (χ4n) is 2.15. The summed E-state index contributed by atoms with van der Waals surface area (Å²) < 4.78 is 12.3. The third-order valence-electron chi connectivity index (χ3n) is 3.27. The van der Waals surface area contributed by atoms with Gasteiger partial charge in [-0.05, 0) is 42.9 Å². The highest BCUT2D eigenvalue weighted by molar-refractivity contribution is 9.10. The summed E-state index contributed by atoms with van der Waals surface area (Å²) in [5, 5.41) is 0.688. The molecule has 1 aromatic carbocycles. The fourth-order valence-corrected chi connectivity index (χ4v) is 3.08. The molecule has 2 rings (SSSR count). The van der Waals surface area contributed by atoms with Crippen molar-refractivity contribution < 1.29 is 9.47 Å². The lowest BCUT2D eigenvalue weighted by Crippen LogP contribution is -2.21. The average molecular weight is 334 g/mol. The van der Waals surface area contributed by atoms with Crippen molar-refractivity contribution in [3.05, 3.63) is 27.2 Å². The molecule has 2 nitrogen and oxygen atoms in total. The molecule has 4 heteroatoms. The number of halogens is 2. The topological polar surface area (TPSA) is 18.5 Å². The van der Waals surface area contributed by atoms with Gasteiger partial charge < -0.3 is 9.47 Å². The van der Waals surface area contributed by atoms with Crippen molar-refractivity contribution in [2.45, 2.75) is 26.2 Å². The molecule has 0 saturated carbocycles. The van der Waals surface area contributed by atoms with E-state index in [2.05, 4.69) is 28.9 Å². The highest BCUT2D eigenvalue weighted by Gasteiger charge is 2.16. The van der Waals surface area contributed by atoms with Crippen LogP contribution in [0.2, 0.25) is 5.02 Å². The van der Waals surface area contributed by atoms with E-state index in [1.165, 1.54) is 0 Å². The van der Waals surface area contributed by atoms with Gasteiger partial charge in [-0.25, -0.2) is 0 Å². The van der Waals surface area contributed by atoms with Crippen LogP contribution in [0.15, 0.2) is 16.6 Å². The van der Waals surface area contributed by atoms with Crippen LogP contribution in [0.3, 0.4) is 0 Å². The van der Waals surface area contributed by atoms with Crippen LogP contribution in [0.1, 0.15) is 25.3 Å². The van der Waals surface area contributed by atoms with Crippen LogP contribution < -0.4 is 4.74 Å². The van der Waals surface area contributed by atoms with Gasteiger partial charge >= 0.3 is 0 Å². The third-order valence-corrected chi connectivity index (χ3v) is 4.01. The molecule has 1 aromatic rings. The first-order chi connectivity index (χ1) is 8.70. The number of hydrogen-bond acceptors (Lipinski definition) is 2. The molecule has 0 amide bonds. The van der Waals surface area contributed by atoms with Crippen molar-refractivity contribution >= 4 is 27.5 Å². The van der Waals surface area contributed by atoms with Gasteiger partial charge in [-0.15, -0.1) is 0 Å². The van der Waals surface area contributed by atoms with Crippen LogP contribution in [0.5, 0.6) is 5.75 Å². The quantitative estimate of drug-likeness (QED) is 0.809. The van der Waals surface area contributed by atoms with Crippen molar-refractivity contribution in [3.63, 3.8) is 0 Å². The number of hydrogen-bond donors (Lipinski definition) is 0. The van der Waals surface area contributed by atoms with E-state index in [1.54, 1.807) is 0 Å². The van der Waals surface area contributed by atoms with Crippen molar-refractivity contribution in [1.29, 1.82) is 0 Å². The van der Waals surface area contributed by atoms with Gasteiger partial charge in [0.2, 0.25) is 0 Å². The van der Waals surface area contributed by atoms with Crippen LogP contribution in [0.4, 0.5) is 0 Å². The lowest BCUT2D eigenvalue weighted by atomic mass is 10.0. The van der Waals surface area contributed by atoms with Gasteiger partial charge in [0.1, 0.15) is 5.75 Å². The minimum absolute atomic E-state index is 0.586. The molecule has 0 aromatic heterocycles. The first-order valence-corrected chi connectivity index (χ1v) is 7.56. The molecule has 0 bridgehead atoms. The molecular formula is C14H18BrClO2. The minimum Gasteiger partial charge on any atom is -0.491 e. The summed E-state index contributed by atoms with van der Waals surface area (Å²) in [6.07, 6.45) is 3.08. The van der Waals surface area contributed by atoms with Crippen LogP contribution >= 0.6 is 27.5 Å². The highest BCUT2D eigenvalue weighted by Crippen LogP contribution is 2.33. The second kappa shape index (κ2) is 6.78. The largest absolute Gasteiger partial charge is 0.491 e. The molecule has 1 aliphatic rings. The van der Waals surface area contributed by atoms with Crippen molar-refractivity contribution in [2.24, 2.45) is 5.92 Å². The summed E-state index contributed by atoms with van der Waals surface area (Å²) >= 11 is 9.71. The zero-order valence-corrected chi connectivity index (χ0v) is 12.9. The van der Waals surface area contributed by atoms with Crippen LogP contribution in [-0.2, 0) is 11.2 Å².